The van der Waals surface area contributed by atoms with Crippen LogP contribution in [-0.4, -0.2) is 0 Å². The number of aryl methyl sites for hydroxylation is 3. The minimum absolute atomic E-state index is 0.682. The molecule has 0 spiro atoms. The quantitative estimate of drug-likeness (QED) is 0.513. The first-order chi connectivity index (χ1) is 12.2. The Morgan fingerprint density at radius 3 is 2.28 bits per heavy atom. The van der Waals surface area contributed by atoms with Crippen LogP contribution in [0.25, 0.3) is 0 Å². The maximum atomic E-state index is 2.42. The molecule has 0 radical (unpaired) electrons. The normalized spacial score (nSPS) is 16.8. The number of hydrogen-bond acceptors (Lipinski definition) is 0. The highest BCUT2D eigenvalue weighted by Gasteiger charge is 2.16. The van der Waals surface area contributed by atoms with Crippen molar-refractivity contribution in [1.29, 1.82) is 0 Å². The van der Waals surface area contributed by atoms with Gasteiger partial charge in [-0.25, -0.2) is 0 Å². The van der Waals surface area contributed by atoms with Crippen molar-refractivity contribution in [2.45, 2.75) is 84.0 Å². The summed E-state index contributed by atoms with van der Waals surface area (Å²) in [5.41, 5.74) is 7.44. The Morgan fingerprint density at radius 1 is 0.920 bits per heavy atom. The molecule has 0 saturated heterocycles. The summed E-state index contributed by atoms with van der Waals surface area (Å²) in [5.74, 6) is 1.50. The fraction of sp³-hybridized carbons (Fsp3) is 0.520. The van der Waals surface area contributed by atoms with E-state index in [0.717, 1.165) is 5.92 Å². The van der Waals surface area contributed by atoms with Gasteiger partial charge in [0.05, 0.1) is 0 Å². The first-order valence-corrected chi connectivity index (χ1v) is 10.3. The van der Waals surface area contributed by atoms with Crippen molar-refractivity contribution < 1.29 is 0 Å². The zero-order valence-corrected chi connectivity index (χ0v) is 16.4. The number of benzene rings is 2. The molecule has 2 aromatic carbocycles. The zero-order chi connectivity index (χ0) is 17.6. The highest BCUT2D eigenvalue weighted by atomic mass is 14.2. The van der Waals surface area contributed by atoms with Crippen LogP contribution in [0.1, 0.15) is 91.5 Å². The lowest BCUT2D eigenvalue weighted by Crippen LogP contribution is -2.05. The lowest BCUT2D eigenvalue weighted by atomic mass is 9.82. The van der Waals surface area contributed by atoms with E-state index >= 15 is 0 Å². The molecule has 1 unspecified atom stereocenters. The summed E-state index contributed by atoms with van der Waals surface area (Å²) in [6.07, 6.45) is 10.7. The van der Waals surface area contributed by atoms with Crippen LogP contribution in [0.15, 0.2) is 42.5 Å². The van der Waals surface area contributed by atoms with Gasteiger partial charge in [0, 0.05) is 0 Å². The first-order valence-electron chi connectivity index (χ1n) is 10.3. The molecule has 0 heteroatoms. The van der Waals surface area contributed by atoms with Crippen LogP contribution < -0.4 is 0 Å². The summed E-state index contributed by atoms with van der Waals surface area (Å²) >= 11 is 0. The van der Waals surface area contributed by atoms with Crippen LogP contribution in [0.5, 0.6) is 0 Å². The Balaban J connectivity index is 1.64. The molecule has 134 valence electrons. The highest BCUT2D eigenvalue weighted by molar-refractivity contribution is 5.32. The van der Waals surface area contributed by atoms with Crippen molar-refractivity contribution in [2.24, 2.45) is 0 Å². The largest absolute Gasteiger partial charge is 0.0648 e. The van der Waals surface area contributed by atoms with Gasteiger partial charge in [0.25, 0.3) is 0 Å². The average molecular weight is 335 g/mol. The Bertz CT molecular complexity index is 659. The van der Waals surface area contributed by atoms with Crippen LogP contribution in [0, 0.1) is 13.8 Å². The van der Waals surface area contributed by atoms with Crippen molar-refractivity contribution in [2.75, 3.05) is 0 Å². The second-order valence-corrected chi connectivity index (χ2v) is 8.08. The van der Waals surface area contributed by atoms with Crippen LogP contribution in [0.3, 0.4) is 0 Å². The Hall–Kier alpha value is -1.56. The number of rotatable bonds is 6. The van der Waals surface area contributed by atoms with Crippen molar-refractivity contribution in [1.82, 2.24) is 0 Å². The van der Waals surface area contributed by atoms with Crippen molar-refractivity contribution in [3.05, 3.63) is 70.3 Å². The molecular weight excluding hydrogens is 300 g/mol. The molecule has 0 aliphatic heterocycles. The summed E-state index contributed by atoms with van der Waals surface area (Å²) in [4.78, 5) is 0. The van der Waals surface area contributed by atoms with Crippen molar-refractivity contribution >= 4 is 0 Å². The van der Waals surface area contributed by atoms with E-state index < -0.39 is 0 Å². The fourth-order valence-corrected chi connectivity index (χ4v) is 4.54. The topological polar surface area (TPSA) is 0 Å². The molecule has 0 heterocycles. The van der Waals surface area contributed by atoms with Gasteiger partial charge in [-0.15, -0.1) is 0 Å². The monoisotopic (exact) mass is 334 g/mol. The molecule has 0 amide bonds. The van der Waals surface area contributed by atoms with Gasteiger partial charge < -0.3 is 0 Å². The SMILES string of the molecule is CCC(CCc1ccc(C)cc1C)c1ccc(C2CCCCC2)cc1. The molecular formula is C25H34. The van der Waals surface area contributed by atoms with E-state index in [1.165, 1.54) is 73.6 Å². The summed E-state index contributed by atoms with van der Waals surface area (Å²) < 4.78 is 0. The lowest BCUT2D eigenvalue weighted by Gasteiger charge is -2.23. The highest BCUT2D eigenvalue weighted by Crippen LogP contribution is 2.34. The first kappa shape index (κ1) is 18.2. The van der Waals surface area contributed by atoms with Gasteiger partial charge >= 0.3 is 0 Å². The molecule has 0 aromatic heterocycles. The fourth-order valence-electron chi connectivity index (χ4n) is 4.54. The standard InChI is InChI=1S/C25H34/c1-4-21(12-13-22-11-10-19(2)18-20(22)3)24-14-16-25(17-15-24)23-8-6-5-7-9-23/h10-11,14-18,21,23H,4-9,12-13H2,1-3H3. The molecule has 1 fully saturated rings. The van der Waals surface area contributed by atoms with E-state index in [9.17, 15) is 0 Å². The van der Waals surface area contributed by atoms with E-state index in [0.29, 0.717) is 5.92 Å². The predicted octanol–water partition coefficient (Wildman–Crippen LogP) is 7.48. The maximum absolute atomic E-state index is 2.42. The van der Waals surface area contributed by atoms with Gasteiger partial charge in [0.15, 0.2) is 0 Å². The van der Waals surface area contributed by atoms with Crippen LogP contribution in [0.4, 0.5) is 0 Å². The summed E-state index contributed by atoms with van der Waals surface area (Å²) in [7, 11) is 0. The van der Waals surface area contributed by atoms with Gasteiger partial charge in [-0.05, 0) is 80.0 Å². The van der Waals surface area contributed by atoms with Gasteiger partial charge in [-0.2, -0.15) is 0 Å². The van der Waals surface area contributed by atoms with Crippen LogP contribution >= 0.6 is 0 Å². The third kappa shape index (κ3) is 4.75. The minimum atomic E-state index is 0.682. The van der Waals surface area contributed by atoms with E-state index in [1.807, 2.05) is 0 Å². The van der Waals surface area contributed by atoms with Gasteiger partial charge in [0.1, 0.15) is 0 Å². The Morgan fingerprint density at radius 2 is 1.64 bits per heavy atom. The lowest BCUT2D eigenvalue weighted by molar-refractivity contribution is 0.443. The molecule has 0 bridgehead atoms. The average Bonchev–Trinajstić information content (AvgIpc) is 2.65. The molecule has 1 saturated carbocycles. The molecule has 1 aliphatic carbocycles. The minimum Gasteiger partial charge on any atom is -0.0648 e. The van der Waals surface area contributed by atoms with Gasteiger partial charge in [-0.1, -0.05) is 74.2 Å². The van der Waals surface area contributed by atoms with E-state index in [2.05, 4.69) is 63.2 Å². The van der Waals surface area contributed by atoms with Crippen molar-refractivity contribution in [3.8, 4) is 0 Å². The molecule has 0 N–H and O–H groups in total. The van der Waals surface area contributed by atoms with Crippen LogP contribution in [0.2, 0.25) is 0 Å². The molecule has 1 atom stereocenters. The molecule has 0 nitrogen and oxygen atoms in total. The summed E-state index contributed by atoms with van der Waals surface area (Å²) in [6, 6.07) is 16.6. The maximum Gasteiger partial charge on any atom is -0.0161 e. The molecule has 1 aliphatic rings. The molecule has 2 aromatic rings. The second-order valence-electron chi connectivity index (χ2n) is 8.08. The van der Waals surface area contributed by atoms with E-state index in [1.54, 1.807) is 5.56 Å². The van der Waals surface area contributed by atoms with Crippen molar-refractivity contribution in [3.63, 3.8) is 0 Å². The Labute approximate surface area is 154 Å². The Kier molecular flexibility index (Phi) is 6.34. The predicted molar refractivity (Wildman–Crippen MR) is 110 cm³/mol. The van der Waals surface area contributed by atoms with Gasteiger partial charge in [-0.3, -0.25) is 0 Å². The third-order valence-electron chi connectivity index (χ3n) is 6.24. The molecule has 25 heavy (non-hydrogen) atoms. The summed E-state index contributed by atoms with van der Waals surface area (Å²) in [5, 5.41) is 0. The van der Waals surface area contributed by atoms with Gasteiger partial charge in [0.2, 0.25) is 0 Å². The number of hydrogen-bond donors (Lipinski definition) is 0. The second kappa shape index (κ2) is 8.70. The van der Waals surface area contributed by atoms with Crippen LogP contribution in [-0.2, 0) is 6.42 Å². The smallest absolute Gasteiger partial charge is 0.0161 e. The third-order valence-corrected chi connectivity index (χ3v) is 6.24. The molecule has 3 rings (SSSR count). The van der Waals surface area contributed by atoms with E-state index in [-0.39, 0.29) is 0 Å². The van der Waals surface area contributed by atoms with E-state index in [4.69, 9.17) is 0 Å². The summed E-state index contributed by atoms with van der Waals surface area (Å²) in [6.45, 7) is 6.77. The zero-order valence-electron chi connectivity index (χ0n) is 16.4.